The molecule has 142 valence electrons. The van der Waals surface area contributed by atoms with Crippen molar-refractivity contribution < 1.29 is 23.9 Å². The van der Waals surface area contributed by atoms with Crippen molar-refractivity contribution in [2.24, 2.45) is 0 Å². The van der Waals surface area contributed by atoms with Gasteiger partial charge in [0.1, 0.15) is 12.3 Å². The Hall–Kier alpha value is -2.57. The van der Waals surface area contributed by atoms with E-state index in [-0.39, 0.29) is 18.5 Å². The lowest BCUT2D eigenvalue weighted by Gasteiger charge is -2.13. The summed E-state index contributed by atoms with van der Waals surface area (Å²) in [6.07, 6.45) is 3.08. The number of hydrogen-bond acceptors (Lipinski definition) is 5. The zero-order chi connectivity index (χ0) is 18.9. The minimum atomic E-state index is -0.875. The first-order valence-corrected chi connectivity index (χ1v) is 9.00. The molecule has 1 fully saturated rings. The molecular weight excluding hydrogens is 336 g/mol. The molecule has 2 N–H and O–H groups in total. The summed E-state index contributed by atoms with van der Waals surface area (Å²) in [6.45, 7) is 3.94. The van der Waals surface area contributed by atoms with Gasteiger partial charge in [-0.3, -0.25) is 14.4 Å². The van der Waals surface area contributed by atoms with Crippen LogP contribution < -0.4 is 15.4 Å². The van der Waals surface area contributed by atoms with Crippen LogP contribution in [0.5, 0.6) is 5.75 Å². The van der Waals surface area contributed by atoms with Gasteiger partial charge in [0.2, 0.25) is 0 Å². The van der Waals surface area contributed by atoms with Crippen LogP contribution in [0.2, 0.25) is 0 Å². The predicted molar refractivity (Wildman–Crippen MR) is 95.9 cm³/mol. The van der Waals surface area contributed by atoms with Gasteiger partial charge in [-0.2, -0.15) is 0 Å². The van der Waals surface area contributed by atoms with Crippen molar-refractivity contribution in [2.45, 2.75) is 51.7 Å². The van der Waals surface area contributed by atoms with Gasteiger partial charge in [-0.25, -0.2) is 0 Å². The molecule has 0 saturated heterocycles. The van der Waals surface area contributed by atoms with Gasteiger partial charge in [-0.1, -0.05) is 13.3 Å². The van der Waals surface area contributed by atoms with E-state index in [0.29, 0.717) is 17.9 Å². The SMILES string of the molecule is CCCCOc1ccc(C(=O)NCC(=O)OC(C)C(=O)NC2CC2)cc1. The lowest BCUT2D eigenvalue weighted by Crippen LogP contribution is -2.39. The van der Waals surface area contributed by atoms with Crippen LogP contribution in [-0.2, 0) is 14.3 Å². The number of unbranched alkanes of at least 4 members (excludes halogenated alkanes) is 1. The maximum absolute atomic E-state index is 12.1. The highest BCUT2D eigenvalue weighted by Gasteiger charge is 2.27. The van der Waals surface area contributed by atoms with E-state index < -0.39 is 18.0 Å². The number of rotatable bonds is 10. The summed E-state index contributed by atoms with van der Waals surface area (Å²) in [4.78, 5) is 35.5. The van der Waals surface area contributed by atoms with Crippen molar-refractivity contribution in [3.8, 4) is 5.75 Å². The molecule has 1 aromatic rings. The van der Waals surface area contributed by atoms with Gasteiger partial charge in [-0.15, -0.1) is 0 Å². The zero-order valence-corrected chi connectivity index (χ0v) is 15.2. The molecule has 2 amide bonds. The van der Waals surface area contributed by atoms with Gasteiger partial charge in [0.15, 0.2) is 6.10 Å². The van der Waals surface area contributed by atoms with Crippen LogP contribution in [-0.4, -0.2) is 43.1 Å². The Morgan fingerprint density at radius 2 is 1.88 bits per heavy atom. The molecule has 7 heteroatoms. The fourth-order valence-electron chi connectivity index (χ4n) is 2.13. The van der Waals surface area contributed by atoms with E-state index in [1.54, 1.807) is 24.3 Å². The number of nitrogens with one attached hydrogen (secondary N) is 2. The van der Waals surface area contributed by atoms with E-state index >= 15 is 0 Å². The largest absolute Gasteiger partial charge is 0.494 e. The Morgan fingerprint density at radius 1 is 1.19 bits per heavy atom. The average molecular weight is 362 g/mol. The molecule has 0 heterocycles. The minimum Gasteiger partial charge on any atom is -0.494 e. The van der Waals surface area contributed by atoms with Crippen LogP contribution in [0, 0.1) is 0 Å². The van der Waals surface area contributed by atoms with Crippen LogP contribution >= 0.6 is 0 Å². The maximum atomic E-state index is 12.1. The van der Waals surface area contributed by atoms with Crippen LogP contribution in [0.15, 0.2) is 24.3 Å². The second-order valence-electron chi connectivity index (χ2n) is 6.32. The summed E-state index contributed by atoms with van der Waals surface area (Å²) in [5.74, 6) is -0.663. The Balaban J connectivity index is 1.71. The van der Waals surface area contributed by atoms with Gasteiger partial charge in [-0.05, 0) is 50.5 Å². The molecule has 2 rings (SSSR count). The van der Waals surface area contributed by atoms with Crippen LogP contribution in [0.1, 0.15) is 49.9 Å². The molecule has 0 spiro atoms. The molecule has 0 aromatic heterocycles. The molecule has 1 unspecified atom stereocenters. The summed E-state index contributed by atoms with van der Waals surface area (Å²) in [6, 6.07) is 6.90. The van der Waals surface area contributed by atoms with Crippen molar-refractivity contribution >= 4 is 17.8 Å². The van der Waals surface area contributed by atoms with Crippen molar-refractivity contribution in [3.63, 3.8) is 0 Å². The lowest BCUT2D eigenvalue weighted by atomic mass is 10.2. The zero-order valence-electron chi connectivity index (χ0n) is 15.2. The molecule has 0 radical (unpaired) electrons. The highest BCUT2D eigenvalue weighted by atomic mass is 16.5. The summed E-state index contributed by atoms with van der Waals surface area (Å²) in [5, 5.41) is 5.24. The van der Waals surface area contributed by atoms with Crippen LogP contribution in [0.3, 0.4) is 0 Å². The second kappa shape index (κ2) is 9.79. The summed E-state index contributed by atoms with van der Waals surface area (Å²) >= 11 is 0. The van der Waals surface area contributed by atoms with E-state index in [9.17, 15) is 14.4 Å². The molecular formula is C19H26N2O5. The van der Waals surface area contributed by atoms with Gasteiger partial charge in [0, 0.05) is 11.6 Å². The molecule has 1 aliphatic rings. The summed E-state index contributed by atoms with van der Waals surface area (Å²) in [5.41, 5.74) is 0.417. The number of esters is 1. The van der Waals surface area contributed by atoms with E-state index in [0.717, 1.165) is 25.7 Å². The van der Waals surface area contributed by atoms with Crippen molar-refractivity contribution in [2.75, 3.05) is 13.2 Å². The number of ether oxygens (including phenoxy) is 2. The summed E-state index contributed by atoms with van der Waals surface area (Å²) in [7, 11) is 0. The number of amides is 2. The van der Waals surface area contributed by atoms with Gasteiger partial charge in [0.05, 0.1) is 6.61 Å². The highest BCUT2D eigenvalue weighted by Crippen LogP contribution is 2.18. The third kappa shape index (κ3) is 6.74. The Morgan fingerprint density at radius 3 is 2.50 bits per heavy atom. The number of carbonyl (C=O) groups is 3. The first kappa shape index (κ1) is 19.8. The third-order valence-electron chi connectivity index (χ3n) is 3.88. The lowest BCUT2D eigenvalue weighted by molar-refractivity contribution is -0.153. The molecule has 1 aromatic carbocycles. The smallest absolute Gasteiger partial charge is 0.326 e. The van der Waals surface area contributed by atoms with Gasteiger partial charge in [0.25, 0.3) is 11.8 Å². The number of benzene rings is 1. The first-order valence-electron chi connectivity index (χ1n) is 9.00. The fraction of sp³-hybridized carbons (Fsp3) is 0.526. The fourth-order valence-corrected chi connectivity index (χ4v) is 2.13. The quantitative estimate of drug-likeness (QED) is 0.489. The van der Waals surface area contributed by atoms with Crippen LogP contribution in [0.25, 0.3) is 0 Å². The van der Waals surface area contributed by atoms with Gasteiger partial charge < -0.3 is 20.1 Å². The first-order chi connectivity index (χ1) is 12.5. The second-order valence-corrected chi connectivity index (χ2v) is 6.32. The van der Waals surface area contributed by atoms with Crippen molar-refractivity contribution in [1.29, 1.82) is 0 Å². The van der Waals surface area contributed by atoms with Crippen LogP contribution in [0.4, 0.5) is 0 Å². The predicted octanol–water partition coefficient (Wildman–Crippen LogP) is 1.81. The minimum absolute atomic E-state index is 0.206. The Bertz CT molecular complexity index is 625. The normalized spacial score (nSPS) is 14.2. The molecule has 7 nitrogen and oxygen atoms in total. The van der Waals surface area contributed by atoms with Gasteiger partial charge >= 0.3 is 5.97 Å². The Labute approximate surface area is 153 Å². The molecule has 0 bridgehead atoms. The topological polar surface area (TPSA) is 93.7 Å². The molecule has 1 aliphatic carbocycles. The maximum Gasteiger partial charge on any atom is 0.326 e. The highest BCUT2D eigenvalue weighted by molar-refractivity contribution is 5.96. The number of hydrogen-bond donors (Lipinski definition) is 2. The monoisotopic (exact) mass is 362 g/mol. The van der Waals surface area contributed by atoms with E-state index in [1.807, 2.05) is 0 Å². The van der Waals surface area contributed by atoms with E-state index in [1.165, 1.54) is 6.92 Å². The molecule has 0 aliphatic heterocycles. The van der Waals surface area contributed by atoms with Crippen molar-refractivity contribution in [1.82, 2.24) is 10.6 Å². The van der Waals surface area contributed by atoms with Crippen molar-refractivity contribution in [3.05, 3.63) is 29.8 Å². The number of carbonyl (C=O) groups excluding carboxylic acids is 3. The molecule has 26 heavy (non-hydrogen) atoms. The standard InChI is InChI=1S/C19H26N2O5/c1-3-4-11-25-16-9-5-14(6-10-16)19(24)20-12-17(22)26-13(2)18(23)21-15-7-8-15/h5-6,9-10,13,15H,3-4,7-8,11-12H2,1-2H3,(H,20,24)(H,21,23). The van der Waals surface area contributed by atoms with E-state index in [4.69, 9.17) is 9.47 Å². The van der Waals surface area contributed by atoms with E-state index in [2.05, 4.69) is 17.6 Å². The third-order valence-corrected chi connectivity index (χ3v) is 3.88. The molecule has 1 atom stereocenters. The Kier molecular flexibility index (Phi) is 7.44. The molecule has 1 saturated carbocycles. The summed E-state index contributed by atoms with van der Waals surface area (Å²) < 4.78 is 10.5. The average Bonchev–Trinajstić information content (AvgIpc) is 3.44.